The van der Waals surface area contributed by atoms with Crippen LogP contribution < -0.4 is 10.5 Å². The van der Waals surface area contributed by atoms with Crippen molar-refractivity contribution in [2.75, 3.05) is 0 Å². The van der Waals surface area contributed by atoms with E-state index >= 15 is 0 Å². The number of nitrogens with two attached hydrogens (primary N) is 1. The molecule has 2 nitrogen and oxygen atoms in total. The molecule has 3 heteroatoms. The van der Waals surface area contributed by atoms with Gasteiger partial charge < -0.3 is 10.5 Å². The van der Waals surface area contributed by atoms with Crippen LogP contribution in [0.5, 0.6) is 5.75 Å². The molecule has 1 fully saturated rings. The monoisotopic (exact) mass is 323 g/mol. The van der Waals surface area contributed by atoms with Crippen molar-refractivity contribution in [3.8, 4) is 5.75 Å². The number of rotatable bonds is 1. The number of ether oxygens (including phenoxy) is 1. The van der Waals surface area contributed by atoms with Crippen LogP contribution in [0, 0.1) is 11.8 Å². The molecule has 0 spiro atoms. The Balaban J connectivity index is 1.76. The van der Waals surface area contributed by atoms with Crippen LogP contribution in [0.1, 0.15) is 50.6 Å². The Morgan fingerprint density at radius 3 is 2.68 bits per heavy atom. The minimum atomic E-state index is 0.126. The topological polar surface area (TPSA) is 35.2 Å². The van der Waals surface area contributed by atoms with E-state index in [1.807, 2.05) is 6.07 Å². The van der Waals surface area contributed by atoms with Gasteiger partial charge in [-0.05, 0) is 36.8 Å². The molecule has 0 saturated heterocycles. The van der Waals surface area contributed by atoms with Crippen molar-refractivity contribution in [3.63, 3.8) is 0 Å². The number of hydrogen-bond donors (Lipinski definition) is 1. The van der Waals surface area contributed by atoms with Gasteiger partial charge in [0.05, 0.1) is 0 Å². The van der Waals surface area contributed by atoms with Crippen LogP contribution in [0.15, 0.2) is 22.7 Å². The van der Waals surface area contributed by atoms with Gasteiger partial charge in [-0.25, -0.2) is 0 Å². The molecule has 2 atom stereocenters. The highest BCUT2D eigenvalue weighted by Gasteiger charge is 2.33. The van der Waals surface area contributed by atoms with Gasteiger partial charge >= 0.3 is 0 Å². The van der Waals surface area contributed by atoms with E-state index in [-0.39, 0.29) is 6.04 Å². The van der Waals surface area contributed by atoms with Gasteiger partial charge in [0.2, 0.25) is 0 Å². The van der Waals surface area contributed by atoms with Gasteiger partial charge in [-0.2, -0.15) is 0 Å². The maximum atomic E-state index is 6.33. The predicted molar refractivity (Wildman–Crippen MR) is 81.2 cm³/mol. The molecule has 0 bridgehead atoms. The summed E-state index contributed by atoms with van der Waals surface area (Å²) in [5.74, 6) is 2.56. The van der Waals surface area contributed by atoms with Gasteiger partial charge in [0.15, 0.2) is 0 Å². The highest BCUT2D eigenvalue weighted by Crippen LogP contribution is 2.41. The SMILES string of the molecule is CC1CCC(C2C[C@@H](N)c3ccc(Br)cc3O2)CC1. The van der Waals surface area contributed by atoms with E-state index in [2.05, 4.69) is 35.0 Å². The second-order valence-corrected chi connectivity index (χ2v) is 7.12. The predicted octanol–water partition coefficient (Wildman–Crippen LogP) is 4.43. The minimum absolute atomic E-state index is 0.126. The Morgan fingerprint density at radius 1 is 1.21 bits per heavy atom. The van der Waals surface area contributed by atoms with Gasteiger partial charge in [0, 0.05) is 22.5 Å². The lowest BCUT2D eigenvalue weighted by atomic mass is 9.77. The van der Waals surface area contributed by atoms with Crippen molar-refractivity contribution in [2.24, 2.45) is 17.6 Å². The van der Waals surface area contributed by atoms with Gasteiger partial charge in [0.25, 0.3) is 0 Å². The summed E-state index contributed by atoms with van der Waals surface area (Å²) in [4.78, 5) is 0. The molecule has 2 aliphatic rings. The third-order valence-electron chi connectivity index (χ3n) is 4.73. The summed E-state index contributed by atoms with van der Waals surface area (Å²) in [5, 5.41) is 0. The van der Waals surface area contributed by atoms with Crippen LogP contribution in [-0.4, -0.2) is 6.10 Å². The first kappa shape index (κ1) is 13.4. The summed E-state index contributed by atoms with van der Waals surface area (Å²) in [7, 11) is 0. The average Bonchev–Trinajstić information content (AvgIpc) is 2.38. The fourth-order valence-electron chi connectivity index (χ4n) is 3.45. The average molecular weight is 324 g/mol. The first-order valence-corrected chi connectivity index (χ1v) is 8.14. The normalized spacial score (nSPS) is 34.5. The number of halogens is 1. The molecule has 1 aliphatic heterocycles. The van der Waals surface area contributed by atoms with E-state index in [1.165, 1.54) is 25.7 Å². The Morgan fingerprint density at radius 2 is 1.95 bits per heavy atom. The van der Waals surface area contributed by atoms with E-state index in [9.17, 15) is 0 Å². The van der Waals surface area contributed by atoms with Crippen molar-refractivity contribution < 1.29 is 4.74 Å². The molecular weight excluding hydrogens is 302 g/mol. The summed E-state index contributed by atoms with van der Waals surface area (Å²) < 4.78 is 7.31. The van der Waals surface area contributed by atoms with Crippen LogP contribution in [0.4, 0.5) is 0 Å². The standard InChI is InChI=1S/C16H22BrNO/c1-10-2-4-11(5-3-10)15-9-14(18)13-7-6-12(17)8-16(13)19-15/h6-8,10-11,14-15H,2-5,9,18H2,1H3/t10?,11?,14-,15?/m1/s1. The Hall–Kier alpha value is -0.540. The Kier molecular flexibility index (Phi) is 3.86. The third kappa shape index (κ3) is 2.82. The molecule has 1 aliphatic carbocycles. The first-order chi connectivity index (χ1) is 9.13. The Bertz CT molecular complexity index is 454. The fraction of sp³-hybridized carbons (Fsp3) is 0.625. The zero-order valence-corrected chi connectivity index (χ0v) is 13.0. The minimum Gasteiger partial charge on any atom is -0.490 e. The molecule has 1 saturated carbocycles. The van der Waals surface area contributed by atoms with Crippen molar-refractivity contribution >= 4 is 15.9 Å². The van der Waals surface area contributed by atoms with Gasteiger partial charge in [-0.15, -0.1) is 0 Å². The van der Waals surface area contributed by atoms with E-state index in [1.54, 1.807) is 0 Å². The second-order valence-electron chi connectivity index (χ2n) is 6.20. The van der Waals surface area contributed by atoms with Gasteiger partial charge in [-0.3, -0.25) is 0 Å². The molecule has 1 heterocycles. The maximum absolute atomic E-state index is 6.33. The molecule has 19 heavy (non-hydrogen) atoms. The summed E-state index contributed by atoms with van der Waals surface area (Å²) in [5.41, 5.74) is 7.48. The molecule has 1 aromatic rings. The van der Waals surface area contributed by atoms with Crippen molar-refractivity contribution in [2.45, 2.75) is 51.2 Å². The molecule has 2 N–H and O–H groups in total. The Labute approximate surface area is 123 Å². The first-order valence-electron chi connectivity index (χ1n) is 7.35. The van der Waals surface area contributed by atoms with Crippen molar-refractivity contribution in [1.82, 2.24) is 0 Å². The summed E-state index contributed by atoms with van der Waals surface area (Å²) in [6, 6.07) is 6.32. The lowest BCUT2D eigenvalue weighted by molar-refractivity contribution is 0.0702. The summed E-state index contributed by atoms with van der Waals surface area (Å²) in [6.07, 6.45) is 6.54. The van der Waals surface area contributed by atoms with Crippen LogP contribution in [-0.2, 0) is 0 Å². The van der Waals surface area contributed by atoms with E-state index in [4.69, 9.17) is 10.5 Å². The largest absolute Gasteiger partial charge is 0.490 e. The quantitative estimate of drug-likeness (QED) is 0.829. The highest BCUT2D eigenvalue weighted by atomic mass is 79.9. The number of hydrogen-bond acceptors (Lipinski definition) is 2. The fourth-order valence-corrected chi connectivity index (χ4v) is 3.79. The lowest BCUT2D eigenvalue weighted by Crippen LogP contribution is -2.36. The highest BCUT2D eigenvalue weighted by molar-refractivity contribution is 9.10. The van der Waals surface area contributed by atoms with Gasteiger partial charge in [0.1, 0.15) is 11.9 Å². The number of fused-ring (bicyclic) bond motifs is 1. The molecule has 0 radical (unpaired) electrons. The van der Waals surface area contributed by atoms with Crippen molar-refractivity contribution in [3.05, 3.63) is 28.2 Å². The molecule has 0 aromatic heterocycles. The maximum Gasteiger partial charge on any atom is 0.125 e. The van der Waals surface area contributed by atoms with Crippen LogP contribution in [0.2, 0.25) is 0 Å². The van der Waals surface area contributed by atoms with Crippen LogP contribution >= 0.6 is 15.9 Å². The van der Waals surface area contributed by atoms with E-state index < -0.39 is 0 Å². The summed E-state index contributed by atoms with van der Waals surface area (Å²) in [6.45, 7) is 2.36. The molecule has 1 unspecified atom stereocenters. The molecule has 1 aromatic carbocycles. The smallest absolute Gasteiger partial charge is 0.125 e. The summed E-state index contributed by atoms with van der Waals surface area (Å²) >= 11 is 3.51. The second kappa shape index (κ2) is 5.45. The van der Waals surface area contributed by atoms with Crippen LogP contribution in [0.25, 0.3) is 0 Å². The molecule has 3 rings (SSSR count). The van der Waals surface area contributed by atoms with Gasteiger partial charge in [-0.1, -0.05) is 41.8 Å². The molecule has 104 valence electrons. The molecule has 0 amide bonds. The lowest BCUT2D eigenvalue weighted by Gasteiger charge is -2.38. The van der Waals surface area contributed by atoms with Crippen LogP contribution in [0.3, 0.4) is 0 Å². The zero-order chi connectivity index (χ0) is 13.4. The van der Waals surface area contributed by atoms with Crippen molar-refractivity contribution in [1.29, 1.82) is 0 Å². The number of benzene rings is 1. The van der Waals surface area contributed by atoms with E-state index in [0.29, 0.717) is 12.0 Å². The molecular formula is C16H22BrNO. The zero-order valence-electron chi connectivity index (χ0n) is 11.4. The third-order valence-corrected chi connectivity index (χ3v) is 5.22. The van der Waals surface area contributed by atoms with E-state index in [0.717, 1.165) is 28.1 Å².